The molecule has 0 atom stereocenters. The highest BCUT2D eigenvalue weighted by molar-refractivity contribution is 5.88. The number of aromatic nitrogens is 2. The van der Waals surface area contributed by atoms with Gasteiger partial charge in [0.1, 0.15) is 11.6 Å². The van der Waals surface area contributed by atoms with Gasteiger partial charge in [-0.25, -0.2) is 9.97 Å². The average Bonchev–Trinajstić information content (AvgIpc) is 2.27. The van der Waals surface area contributed by atoms with E-state index < -0.39 is 11.7 Å². The van der Waals surface area contributed by atoms with Crippen molar-refractivity contribution in [1.29, 1.82) is 0 Å². The number of fused-ring (bicyclic) bond motifs is 1. The number of hydrogen-bond donors (Lipinski definition) is 2. The van der Waals surface area contributed by atoms with Crippen molar-refractivity contribution in [3.05, 3.63) is 29.6 Å². The van der Waals surface area contributed by atoms with Gasteiger partial charge in [0.25, 0.3) is 0 Å². The first-order valence-corrected chi connectivity index (χ1v) is 5.20. The number of rotatable bonds is 2. The van der Waals surface area contributed by atoms with Gasteiger partial charge in [-0.05, 0) is 25.2 Å². The summed E-state index contributed by atoms with van der Waals surface area (Å²) in [7, 11) is 1.72. The fourth-order valence-corrected chi connectivity index (χ4v) is 1.62. The number of anilines is 1. The molecule has 0 spiro atoms. The molecule has 0 aliphatic carbocycles. The van der Waals surface area contributed by atoms with E-state index in [4.69, 9.17) is 5.73 Å². The number of nitrogens with one attached hydrogen (secondary N) is 1. The lowest BCUT2D eigenvalue weighted by atomic mass is 10.1. The van der Waals surface area contributed by atoms with E-state index in [1.807, 2.05) is 0 Å². The second kappa shape index (κ2) is 4.41. The molecule has 1 aromatic heterocycles. The maximum Gasteiger partial charge on any atom is 0.416 e. The van der Waals surface area contributed by atoms with Crippen molar-refractivity contribution in [3.63, 3.8) is 0 Å². The van der Waals surface area contributed by atoms with Gasteiger partial charge in [-0.3, -0.25) is 0 Å². The molecule has 0 saturated heterocycles. The Morgan fingerprint density at radius 3 is 2.61 bits per heavy atom. The molecule has 96 valence electrons. The number of nitrogens with zero attached hydrogens (tertiary/aromatic N) is 2. The predicted molar refractivity (Wildman–Crippen MR) is 61.7 cm³/mol. The molecule has 3 N–H and O–H groups in total. The van der Waals surface area contributed by atoms with Crippen LogP contribution in [0, 0.1) is 0 Å². The zero-order valence-electron chi connectivity index (χ0n) is 9.54. The highest BCUT2D eigenvalue weighted by atomic mass is 19.4. The first-order valence-electron chi connectivity index (χ1n) is 5.20. The Hall–Kier alpha value is -1.89. The average molecular weight is 256 g/mol. The molecule has 0 aliphatic rings. The normalized spacial score (nSPS) is 12.0. The first kappa shape index (κ1) is 12.6. The summed E-state index contributed by atoms with van der Waals surface area (Å²) in [6.07, 6.45) is -4.40. The third-order valence-corrected chi connectivity index (χ3v) is 2.43. The van der Waals surface area contributed by atoms with Crippen LogP contribution < -0.4 is 11.1 Å². The Bertz CT molecular complexity index is 580. The highest BCUT2D eigenvalue weighted by Gasteiger charge is 2.30. The Morgan fingerprint density at radius 2 is 2.00 bits per heavy atom. The Labute approximate surface area is 101 Å². The fourth-order valence-electron chi connectivity index (χ4n) is 1.62. The number of benzene rings is 1. The summed E-state index contributed by atoms with van der Waals surface area (Å²) in [5, 5.41) is 3.06. The molecule has 2 rings (SSSR count). The van der Waals surface area contributed by atoms with Gasteiger partial charge < -0.3 is 11.1 Å². The second-order valence-electron chi connectivity index (χ2n) is 3.79. The first-order chi connectivity index (χ1) is 8.41. The van der Waals surface area contributed by atoms with Gasteiger partial charge in [0, 0.05) is 5.39 Å². The number of alkyl halides is 3. The van der Waals surface area contributed by atoms with Crippen LogP contribution in [0.25, 0.3) is 10.9 Å². The SMILES string of the molecule is CNCc1nc(N)c2cc(C(F)(F)F)ccc2n1. The van der Waals surface area contributed by atoms with Crippen molar-refractivity contribution in [1.82, 2.24) is 15.3 Å². The highest BCUT2D eigenvalue weighted by Crippen LogP contribution is 2.32. The largest absolute Gasteiger partial charge is 0.416 e. The summed E-state index contributed by atoms with van der Waals surface area (Å²) < 4.78 is 37.7. The molecular weight excluding hydrogens is 245 g/mol. The molecule has 0 aliphatic heterocycles. The van der Waals surface area contributed by atoms with E-state index in [0.717, 1.165) is 12.1 Å². The molecule has 1 heterocycles. The molecule has 0 amide bonds. The van der Waals surface area contributed by atoms with E-state index in [1.54, 1.807) is 7.05 Å². The standard InChI is InChI=1S/C11H11F3N4/c1-16-5-9-17-8-3-2-6(11(12,13)14)4-7(8)10(15)18-9/h2-4,16H,5H2,1H3,(H2,15,17,18). The van der Waals surface area contributed by atoms with Gasteiger partial charge in [-0.2, -0.15) is 13.2 Å². The molecule has 0 unspecified atom stereocenters. The van der Waals surface area contributed by atoms with Crippen molar-refractivity contribution in [2.24, 2.45) is 0 Å². The maximum absolute atomic E-state index is 12.6. The summed E-state index contributed by atoms with van der Waals surface area (Å²) in [5.41, 5.74) is 5.30. The predicted octanol–water partition coefficient (Wildman–Crippen LogP) is 1.95. The van der Waals surface area contributed by atoms with Gasteiger partial charge in [-0.15, -0.1) is 0 Å². The third kappa shape index (κ3) is 2.35. The minimum atomic E-state index is -4.40. The number of nitrogen functional groups attached to an aromatic ring is 1. The summed E-state index contributed by atoms with van der Waals surface area (Å²) in [6, 6.07) is 3.25. The van der Waals surface area contributed by atoms with Crippen LogP contribution in [0.2, 0.25) is 0 Å². The van der Waals surface area contributed by atoms with Crippen LogP contribution in [0.15, 0.2) is 18.2 Å². The van der Waals surface area contributed by atoms with Crippen molar-refractivity contribution in [3.8, 4) is 0 Å². The molecule has 0 radical (unpaired) electrons. The number of nitrogens with two attached hydrogens (primary N) is 1. The zero-order valence-corrected chi connectivity index (χ0v) is 9.54. The van der Waals surface area contributed by atoms with E-state index in [0.29, 0.717) is 17.9 Å². The van der Waals surface area contributed by atoms with Gasteiger partial charge in [-0.1, -0.05) is 0 Å². The van der Waals surface area contributed by atoms with Gasteiger partial charge in [0.05, 0.1) is 17.6 Å². The number of halogens is 3. The van der Waals surface area contributed by atoms with Gasteiger partial charge in [0.15, 0.2) is 0 Å². The van der Waals surface area contributed by atoms with Crippen molar-refractivity contribution in [2.75, 3.05) is 12.8 Å². The Morgan fingerprint density at radius 1 is 1.28 bits per heavy atom. The van der Waals surface area contributed by atoms with Crippen LogP contribution in [-0.4, -0.2) is 17.0 Å². The Balaban J connectivity index is 2.58. The molecule has 2 aromatic rings. The summed E-state index contributed by atoms with van der Waals surface area (Å²) in [5.74, 6) is 0.499. The van der Waals surface area contributed by atoms with Crippen LogP contribution in [-0.2, 0) is 12.7 Å². The molecule has 18 heavy (non-hydrogen) atoms. The van der Waals surface area contributed by atoms with Crippen LogP contribution >= 0.6 is 0 Å². The maximum atomic E-state index is 12.6. The van der Waals surface area contributed by atoms with Crippen LogP contribution in [0.1, 0.15) is 11.4 Å². The molecule has 7 heteroatoms. The lowest BCUT2D eigenvalue weighted by Gasteiger charge is -2.09. The van der Waals surface area contributed by atoms with E-state index in [2.05, 4.69) is 15.3 Å². The van der Waals surface area contributed by atoms with Crippen molar-refractivity contribution in [2.45, 2.75) is 12.7 Å². The fraction of sp³-hybridized carbons (Fsp3) is 0.273. The van der Waals surface area contributed by atoms with Crippen LogP contribution in [0.4, 0.5) is 19.0 Å². The lowest BCUT2D eigenvalue weighted by molar-refractivity contribution is -0.137. The summed E-state index contributed by atoms with van der Waals surface area (Å²) >= 11 is 0. The number of hydrogen-bond acceptors (Lipinski definition) is 4. The minimum Gasteiger partial charge on any atom is -0.383 e. The molecular formula is C11H11F3N4. The van der Waals surface area contributed by atoms with Crippen molar-refractivity contribution >= 4 is 16.7 Å². The van der Waals surface area contributed by atoms with E-state index in [-0.39, 0.29) is 11.2 Å². The van der Waals surface area contributed by atoms with Gasteiger partial charge >= 0.3 is 6.18 Å². The zero-order chi connectivity index (χ0) is 13.3. The van der Waals surface area contributed by atoms with Crippen LogP contribution in [0.5, 0.6) is 0 Å². The summed E-state index contributed by atoms with van der Waals surface area (Å²) in [4.78, 5) is 8.08. The lowest BCUT2D eigenvalue weighted by Crippen LogP contribution is -2.11. The molecule has 0 bridgehead atoms. The summed E-state index contributed by atoms with van der Waals surface area (Å²) in [6.45, 7) is 0.404. The Kier molecular flexibility index (Phi) is 3.08. The molecule has 0 fully saturated rings. The van der Waals surface area contributed by atoms with E-state index >= 15 is 0 Å². The van der Waals surface area contributed by atoms with E-state index in [1.165, 1.54) is 6.07 Å². The molecule has 0 saturated carbocycles. The monoisotopic (exact) mass is 256 g/mol. The van der Waals surface area contributed by atoms with Gasteiger partial charge in [0.2, 0.25) is 0 Å². The smallest absolute Gasteiger partial charge is 0.383 e. The van der Waals surface area contributed by atoms with E-state index in [9.17, 15) is 13.2 Å². The quantitative estimate of drug-likeness (QED) is 0.862. The third-order valence-electron chi connectivity index (χ3n) is 2.43. The minimum absolute atomic E-state index is 0.0522. The topological polar surface area (TPSA) is 63.8 Å². The van der Waals surface area contributed by atoms with Crippen LogP contribution in [0.3, 0.4) is 0 Å². The molecule has 1 aromatic carbocycles. The molecule has 4 nitrogen and oxygen atoms in total. The van der Waals surface area contributed by atoms with Crippen molar-refractivity contribution < 1.29 is 13.2 Å². The second-order valence-corrected chi connectivity index (χ2v) is 3.79.